The van der Waals surface area contributed by atoms with E-state index in [0.717, 1.165) is 30.4 Å². The lowest BCUT2D eigenvalue weighted by atomic mass is 9.91. The number of amides is 2. The first-order chi connectivity index (χ1) is 7.81. The van der Waals surface area contributed by atoms with E-state index in [1.165, 1.54) is 12.8 Å². The smallest absolute Gasteiger partial charge is 0.315 e. The SMILES string of the molecule is CCN1CSC2=NC3CCCCC3N2C1=O. The Hall–Kier alpha value is -0.710. The van der Waals surface area contributed by atoms with Crippen molar-refractivity contribution in [1.29, 1.82) is 0 Å². The van der Waals surface area contributed by atoms with Crippen LogP contribution >= 0.6 is 11.8 Å². The molecule has 2 heterocycles. The predicted octanol–water partition coefficient (Wildman–Crippen LogP) is 2.12. The van der Waals surface area contributed by atoms with Crippen molar-refractivity contribution >= 4 is 23.0 Å². The van der Waals surface area contributed by atoms with Gasteiger partial charge in [-0.3, -0.25) is 9.89 Å². The number of amidine groups is 1. The average molecular weight is 239 g/mol. The quantitative estimate of drug-likeness (QED) is 0.702. The summed E-state index contributed by atoms with van der Waals surface area (Å²) in [6.45, 7) is 2.84. The summed E-state index contributed by atoms with van der Waals surface area (Å²) in [7, 11) is 0. The fourth-order valence-corrected chi connectivity index (χ4v) is 3.92. The highest BCUT2D eigenvalue weighted by molar-refractivity contribution is 8.13. The van der Waals surface area contributed by atoms with Crippen LogP contribution in [-0.2, 0) is 0 Å². The minimum absolute atomic E-state index is 0.175. The van der Waals surface area contributed by atoms with Gasteiger partial charge < -0.3 is 4.90 Å². The normalized spacial score (nSPS) is 33.6. The van der Waals surface area contributed by atoms with Crippen LogP contribution in [0.4, 0.5) is 4.79 Å². The molecule has 1 saturated heterocycles. The Labute approximate surface area is 100 Å². The number of urea groups is 1. The maximum absolute atomic E-state index is 12.3. The summed E-state index contributed by atoms with van der Waals surface area (Å²) in [4.78, 5) is 20.8. The van der Waals surface area contributed by atoms with Crippen LogP contribution < -0.4 is 0 Å². The van der Waals surface area contributed by atoms with Gasteiger partial charge in [0.25, 0.3) is 0 Å². The molecule has 0 aromatic carbocycles. The molecule has 1 saturated carbocycles. The fraction of sp³-hybridized carbons (Fsp3) is 0.818. The molecule has 0 radical (unpaired) electrons. The average Bonchev–Trinajstić information content (AvgIpc) is 2.68. The third-order valence-corrected chi connectivity index (χ3v) is 4.72. The fourth-order valence-electron chi connectivity index (χ4n) is 2.79. The standard InChI is InChI=1S/C11H17N3OS/c1-2-13-7-16-10-12-8-5-3-4-6-9(8)14(10)11(13)15/h8-9H,2-7H2,1H3. The van der Waals surface area contributed by atoms with Crippen molar-refractivity contribution in [2.24, 2.45) is 4.99 Å². The number of carbonyl (C=O) groups is 1. The Bertz CT molecular complexity index is 344. The van der Waals surface area contributed by atoms with Gasteiger partial charge in [0.2, 0.25) is 0 Å². The van der Waals surface area contributed by atoms with Crippen molar-refractivity contribution in [2.45, 2.75) is 44.7 Å². The zero-order valence-electron chi connectivity index (χ0n) is 9.56. The van der Waals surface area contributed by atoms with Gasteiger partial charge in [0.15, 0.2) is 5.17 Å². The van der Waals surface area contributed by atoms with E-state index in [1.807, 2.05) is 16.7 Å². The summed E-state index contributed by atoms with van der Waals surface area (Å²) in [5.74, 6) is 0.768. The lowest BCUT2D eigenvalue weighted by Crippen LogP contribution is -2.53. The van der Waals surface area contributed by atoms with Crippen molar-refractivity contribution in [1.82, 2.24) is 9.80 Å². The maximum atomic E-state index is 12.3. The molecule has 0 bridgehead atoms. The highest BCUT2D eigenvalue weighted by atomic mass is 32.2. The molecule has 5 heteroatoms. The maximum Gasteiger partial charge on any atom is 0.327 e. The number of aliphatic imine (C=N–C) groups is 1. The van der Waals surface area contributed by atoms with E-state index in [9.17, 15) is 4.79 Å². The van der Waals surface area contributed by atoms with Crippen molar-refractivity contribution < 1.29 is 4.79 Å². The Morgan fingerprint density at radius 3 is 3.06 bits per heavy atom. The van der Waals surface area contributed by atoms with Gasteiger partial charge in [-0.15, -0.1) is 0 Å². The van der Waals surface area contributed by atoms with Gasteiger partial charge in [-0.1, -0.05) is 24.6 Å². The third-order valence-electron chi connectivity index (χ3n) is 3.72. The van der Waals surface area contributed by atoms with E-state index in [2.05, 4.69) is 0 Å². The molecule has 2 atom stereocenters. The summed E-state index contributed by atoms with van der Waals surface area (Å²) in [6.07, 6.45) is 4.79. The van der Waals surface area contributed by atoms with E-state index in [-0.39, 0.29) is 6.03 Å². The van der Waals surface area contributed by atoms with Gasteiger partial charge >= 0.3 is 6.03 Å². The van der Waals surface area contributed by atoms with E-state index in [4.69, 9.17) is 4.99 Å². The highest BCUT2D eigenvalue weighted by Crippen LogP contribution is 2.36. The van der Waals surface area contributed by atoms with Crippen LogP contribution in [0.3, 0.4) is 0 Å². The topological polar surface area (TPSA) is 35.9 Å². The Morgan fingerprint density at radius 1 is 1.44 bits per heavy atom. The summed E-state index contributed by atoms with van der Waals surface area (Å²) >= 11 is 1.72. The number of thioether (sulfide) groups is 1. The van der Waals surface area contributed by atoms with Crippen LogP contribution in [0.25, 0.3) is 0 Å². The number of nitrogens with zero attached hydrogens (tertiary/aromatic N) is 3. The van der Waals surface area contributed by atoms with Crippen molar-refractivity contribution in [2.75, 3.05) is 12.4 Å². The molecule has 0 N–H and O–H groups in total. The van der Waals surface area contributed by atoms with Crippen LogP contribution in [0.1, 0.15) is 32.6 Å². The van der Waals surface area contributed by atoms with Gasteiger partial charge in [-0.2, -0.15) is 0 Å². The molecule has 2 unspecified atom stereocenters. The molecule has 0 aromatic heterocycles. The second-order valence-corrected chi connectivity index (χ2v) is 5.52. The number of hydrogen-bond donors (Lipinski definition) is 0. The Morgan fingerprint density at radius 2 is 2.25 bits per heavy atom. The molecule has 1 aliphatic carbocycles. The highest BCUT2D eigenvalue weighted by Gasteiger charge is 2.44. The predicted molar refractivity (Wildman–Crippen MR) is 65.6 cm³/mol. The van der Waals surface area contributed by atoms with Crippen LogP contribution in [0.15, 0.2) is 4.99 Å². The third kappa shape index (κ3) is 1.44. The Balaban J connectivity index is 1.86. The molecule has 88 valence electrons. The van der Waals surface area contributed by atoms with Crippen LogP contribution in [0.5, 0.6) is 0 Å². The first-order valence-corrected chi connectivity index (χ1v) is 7.08. The zero-order valence-corrected chi connectivity index (χ0v) is 10.4. The monoisotopic (exact) mass is 239 g/mol. The second kappa shape index (κ2) is 3.95. The molecule has 3 aliphatic rings. The molecule has 0 aromatic rings. The van der Waals surface area contributed by atoms with Crippen molar-refractivity contribution in [3.8, 4) is 0 Å². The summed E-state index contributed by atoms with van der Waals surface area (Å²) in [6, 6.07) is 0.921. The lowest BCUT2D eigenvalue weighted by Gasteiger charge is -2.37. The van der Waals surface area contributed by atoms with Gasteiger partial charge in [-0.25, -0.2) is 4.79 Å². The first kappa shape index (κ1) is 10.4. The van der Waals surface area contributed by atoms with Gasteiger partial charge in [0.05, 0.1) is 18.0 Å². The van der Waals surface area contributed by atoms with E-state index in [1.54, 1.807) is 11.8 Å². The van der Waals surface area contributed by atoms with E-state index >= 15 is 0 Å². The van der Waals surface area contributed by atoms with Gasteiger partial charge in [-0.05, 0) is 19.8 Å². The molecule has 2 amide bonds. The molecular weight excluding hydrogens is 222 g/mol. The number of rotatable bonds is 1. The number of carbonyl (C=O) groups excluding carboxylic acids is 1. The van der Waals surface area contributed by atoms with Gasteiger partial charge in [0, 0.05) is 6.54 Å². The second-order valence-electron chi connectivity index (χ2n) is 4.61. The van der Waals surface area contributed by atoms with E-state index in [0.29, 0.717) is 12.1 Å². The lowest BCUT2D eigenvalue weighted by molar-refractivity contribution is 0.164. The number of fused-ring (bicyclic) bond motifs is 3. The van der Waals surface area contributed by atoms with Crippen LogP contribution in [0.2, 0.25) is 0 Å². The minimum atomic E-state index is 0.175. The largest absolute Gasteiger partial charge is 0.327 e. The first-order valence-electron chi connectivity index (χ1n) is 6.10. The Kier molecular flexibility index (Phi) is 2.58. The molecule has 2 fully saturated rings. The summed E-state index contributed by atoms with van der Waals surface area (Å²) in [5, 5.41) is 0.978. The van der Waals surface area contributed by atoms with Gasteiger partial charge in [0.1, 0.15) is 0 Å². The molecule has 4 nitrogen and oxygen atoms in total. The van der Waals surface area contributed by atoms with Crippen molar-refractivity contribution in [3.05, 3.63) is 0 Å². The minimum Gasteiger partial charge on any atom is -0.315 e. The van der Waals surface area contributed by atoms with Crippen molar-refractivity contribution in [3.63, 3.8) is 0 Å². The van der Waals surface area contributed by atoms with Crippen LogP contribution in [-0.4, -0.2) is 45.5 Å². The van der Waals surface area contributed by atoms with E-state index < -0.39 is 0 Å². The summed E-state index contributed by atoms with van der Waals surface area (Å²) in [5.41, 5.74) is 0. The van der Waals surface area contributed by atoms with Crippen LogP contribution in [0, 0.1) is 0 Å². The summed E-state index contributed by atoms with van der Waals surface area (Å²) < 4.78 is 0. The molecule has 3 rings (SSSR count). The molecule has 0 spiro atoms. The molecule has 2 aliphatic heterocycles. The molecule has 16 heavy (non-hydrogen) atoms. The molecular formula is C11H17N3OS. The zero-order chi connectivity index (χ0) is 11.1. The number of hydrogen-bond acceptors (Lipinski definition) is 3.